The van der Waals surface area contributed by atoms with Crippen molar-refractivity contribution in [1.29, 1.82) is 0 Å². The maximum atomic E-state index is 14.2. The van der Waals surface area contributed by atoms with Crippen LogP contribution in [0.4, 0.5) is 79.0 Å². The Morgan fingerprint density at radius 3 is 0.944 bits per heavy atom. The maximum absolute atomic E-state index is 14.2. The third kappa shape index (κ3) is 6.91. The molecule has 0 aromatic heterocycles. The van der Waals surface area contributed by atoms with E-state index in [1.807, 2.05) is 0 Å². The van der Waals surface area contributed by atoms with Gasteiger partial charge in [-0.15, -0.1) is 0 Å². The highest BCUT2D eigenvalue weighted by Crippen LogP contribution is 2.56. The molecular formula is C24H20F18N4O6S2. The summed E-state index contributed by atoms with van der Waals surface area (Å²) in [7, 11) is -13.9. The Kier molecular flexibility index (Phi) is 11.5. The normalized spacial score (nSPS) is 18.9. The molecule has 1 aromatic carbocycles. The first kappa shape index (κ1) is 45.1. The Morgan fingerprint density at radius 1 is 0.444 bits per heavy atom. The Hall–Kier alpha value is -3.28. The van der Waals surface area contributed by atoms with E-state index >= 15 is 0 Å². The average molecular weight is 867 g/mol. The summed E-state index contributed by atoms with van der Waals surface area (Å²) in [5, 5.41) is -14.0. The minimum absolute atomic E-state index is 0.479. The number of halogens is 18. The summed E-state index contributed by atoms with van der Waals surface area (Å²) < 4.78 is 287. The van der Waals surface area contributed by atoms with Crippen molar-refractivity contribution in [3.63, 3.8) is 0 Å². The number of piperazine rings is 2. The molecule has 2 aliphatic heterocycles. The number of benzene rings is 1. The highest BCUT2D eigenvalue weighted by atomic mass is 32.2. The fourth-order valence-electron chi connectivity index (χ4n) is 4.78. The van der Waals surface area contributed by atoms with Crippen LogP contribution in [0.5, 0.6) is 0 Å². The predicted octanol–water partition coefficient (Wildman–Crippen LogP) is 4.71. The molecule has 10 nitrogen and oxygen atoms in total. The molecule has 0 aliphatic carbocycles. The van der Waals surface area contributed by atoms with Crippen LogP contribution in [-0.2, 0) is 20.0 Å². The number of carbonyl (C=O) groups excluding carboxylic acids is 2. The molecule has 0 atom stereocenters. The van der Waals surface area contributed by atoms with Crippen molar-refractivity contribution in [2.75, 3.05) is 52.4 Å². The molecule has 30 heteroatoms. The molecule has 0 radical (unpaired) electrons. The fourth-order valence-corrected chi connectivity index (χ4v) is 7.62. The molecule has 0 saturated carbocycles. The summed E-state index contributed by atoms with van der Waals surface area (Å²) in [5.74, 6) is -32.4. The number of amides is 2. The molecule has 1 aromatic rings. The molecule has 54 heavy (non-hydrogen) atoms. The van der Waals surface area contributed by atoms with E-state index < -0.39 is 151 Å². The second kappa shape index (κ2) is 13.7. The van der Waals surface area contributed by atoms with Gasteiger partial charge in [-0.25, -0.2) is 16.8 Å². The molecule has 2 aliphatic rings. The zero-order valence-electron chi connectivity index (χ0n) is 25.8. The van der Waals surface area contributed by atoms with E-state index in [4.69, 9.17) is 0 Å². The van der Waals surface area contributed by atoms with Crippen LogP contribution in [0.2, 0.25) is 0 Å². The van der Waals surface area contributed by atoms with Crippen molar-refractivity contribution in [2.24, 2.45) is 0 Å². The number of rotatable bonds is 10. The van der Waals surface area contributed by atoms with Crippen LogP contribution >= 0.6 is 0 Å². The summed E-state index contributed by atoms with van der Waals surface area (Å²) in [6, 6.07) is 3.72. The monoisotopic (exact) mass is 866 g/mol. The van der Waals surface area contributed by atoms with E-state index in [2.05, 4.69) is 0 Å². The van der Waals surface area contributed by atoms with Gasteiger partial charge in [0.25, 0.3) is 31.9 Å². The number of sulfonamides is 2. The van der Waals surface area contributed by atoms with Gasteiger partial charge in [0, 0.05) is 63.5 Å². The minimum atomic E-state index is -7.52. The molecule has 2 fully saturated rings. The summed E-state index contributed by atoms with van der Waals surface area (Å²) in [4.78, 5) is 27.2. The number of nitrogens with zero attached hydrogens (tertiary/aromatic N) is 4. The molecule has 2 amide bonds. The van der Waals surface area contributed by atoms with Crippen LogP contribution in [0.15, 0.2) is 24.3 Å². The Morgan fingerprint density at radius 2 is 0.704 bits per heavy atom. The predicted molar refractivity (Wildman–Crippen MR) is 141 cm³/mol. The lowest BCUT2D eigenvalue weighted by atomic mass is 10.1. The average Bonchev–Trinajstić information content (AvgIpc) is 3.06. The molecule has 0 bridgehead atoms. The van der Waals surface area contributed by atoms with E-state index in [1.165, 1.54) is 0 Å². The van der Waals surface area contributed by atoms with Crippen LogP contribution < -0.4 is 0 Å². The molecule has 0 N–H and O–H groups in total. The second-order valence-electron chi connectivity index (χ2n) is 11.3. The van der Waals surface area contributed by atoms with Crippen molar-refractivity contribution < 1.29 is 105 Å². The van der Waals surface area contributed by atoms with E-state index in [0.29, 0.717) is 9.80 Å². The largest absolute Gasteiger partial charge is 0.460 e. The SMILES string of the molecule is O=C(c1cccc(C(=O)N2CCN(S(=O)(=O)C(F)(F)C(F)(F)C(F)(F)C(F)(F)F)CC2)c1)N1CCN(S(=O)(=O)C(F)(F)C(F)(F)C(F)(F)C(F)(F)F)CC1. The Labute approximate surface area is 290 Å². The highest BCUT2D eigenvalue weighted by Gasteiger charge is 2.87. The zero-order chi connectivity index (χ0) is 42.1. The first-order chi connectivity index (χ1) is 24.0. The van der Waals surface area contributed by atoms with Gasteiger partial charge < -0.3 is 9.80 Å². The quantitative estimate of drug-likeness (QED) is 0.315. The van der Waals surface area contributed by atoms with Crippen LogP contribution in [0.1, 0.15) is 20.7 Å². The van der Waals surface area contributed by atoms with Gasteiger partial charge in [-0.2, -0.15) is 87.6 Å². The standard InChI is InChI=1S/C24H20F18N4O6S2/c25-17(26,21(33,34)35)19(29,30)23(39,40)53(49,50)45-8-4-43(5-9-45)15(47)13-2-1-3-14(12-13)16(48)44-6-10-46(11-7-44)54(51,52)24(41,42)20(31,32)18(27,28)22(36,37)38/h1-3,12H,4-11H2. The van der Waals surface area contributed by atoms with E-state index in [-0.39, 0.29) is 0 Å². The highest BCUT2D eigenvalue weighted by molar-refractivity contribution is 7.90. The van der Waals surface area contributed by atoms with Gasteiger partial charge in [0.15, 0.2) is 0 Å². The number of alkyl halides is 18. The molecular weight excluding hydrogens is 846 g/mol. The van der Waals surface area contributed by atoms with E-state index in [0.717, 1.165) is 24.3 Å². The molecule has 0 spiro atoms. The summed E-state index contributed by atoms with van der Waals surface area (Å²) in [6.07, 6.45) is -14.6. The van der Waals surface area contributed by atoms with Crippen molar-refractivity contribution in [3.8, 4) is 0 Å². The van der Waals surface area contributed by atoms with Crippen LogP contribution in [0.3, 0.4) is 0 Å². The number of hydrogen-bond acceptors (Lipinski definition) is 6. The summed E-state index contributed by atoms with van der Waals surface area (Å²) in [5.41, 5.74) is -0.958. The maximum Gasteiger partial charge on any atom is 0.460 e. The molecule has 2 saturated heterocycles. The van der Waals surface area contributed by atoms with Crippen molar-refractivity contribution in [3.05, 3.63) is 35.4 Å². The second-order valence-corrected chi connectivity index (χ2v) is 15.3. The molecule has 0 unspecified atom stereocenters. The van der Waals surface area contributed by atoms with Gasteiger partial charge >= 0.3 is 46.6 Å². The Balaban J connectivity index is 1.71. The van der Waals surface area contributed by atoms with Gasteiger partial charge in [-0.05, 0) is 18.2 Å². The lowest BCUT2D eigenvalue weighted by Gasteiger charge is -2.39. The summed E-state index contributed by atoms with van der Waals surface area (Å²) >= 11 is 0. The third-order valence-electron chi connectivity index (χ3n) is 7.97. The summed E-state index contributed by atoms with van der Waals surface area (Å²) in [6.45, 7) is -9.26. The molecule has 2 heterocycles. The van der Waals surface area contributed by atoms with Gasteiger partial charge in [0.1, 0.15) is 0 Å². The first-order valence-corrected chi connectivity index (χ1v) is 16.9. The van der Waals surface area contributed by atoms with Crippen LogP contribution in [0, 0.1) is 0 Å². The number of carbonyl (C=O) groups is 2. The topological polar surface area (TPSA) is 115 Å². The van der Waals surface area contributed by atoms with Gasteiger partial charge in [0.05, 0.1) is 0 Å². The van der Waals surface area contributed by atoms with Gasteiger partial charge in [-0.1, -0.05) is 6.07 Å². The van der Waals surface area contributed by atoms with Crippen molar-refractivity contribution >= 4 is 31.9 Å². The van der Waals surface area contributed by atoms with Crippen molar-refractivity contribution in [2.45, 2.75) is 46.6 Å². The minimum Gasteiger partial charge on any atom is -0.336 e. The van der Waals surface area contributed by atoms with E-state index in [1.54, 1.807) is 0 Å². The first-order valence-electron chi connectivity index (χ1n) is 14.0. The van der Waals surface area contributed by atoms with Gasteiger partial charge in [0.2, 0.25) is 0 Å². The van der Waals surface area contributed by atoms with E-state index in [9.17, 15) is 105 Å². The molecule has 3 rings (SSSR count). The van der Waals surface area contributed by atoms with Gasteiger partial charge in [-0.3, -0.25) is 9.59 Å². The van der Waals surface area contributed by atoms with Crippen molar-refractivity contribution in [1.82, 2.24) is 18.4 Å². The van der Waals surface area contributed by atoms with Crippen LogP contribution in [0.25, 0.3) is 0 Å². The fraction of sp³-hybridized carbons (Fsp3) is 0.667. The Bertz CT molecular complexity index is 1690. The smallest absolute Gasteiger partial charge is 0.336 e. The third-order valence-corrected chi connectivity index (χ3v) is 11.9. The molecule has 310 valence electrons. The zero-order valence-corrected chi connectivity index (χ0v) is 27.5. The van der Waals surface area contributed by atoms with Crippen LogP contribution in [-0.4, -0.2) is 146 Å². The lowest BCUT2D eigenvalue weighted by Crippen LogP contribution is -2.66. The lowest BCUT2D eigenvalue weighted by molar-refractivity contribution is -0.382. The number of hydrogen-bond donors (Lipinski definition) is 0.